The molecular formula is C15H24N2O3. The number of carboxylic acid groups (broad SMARTS) is 1. The minimum absolute atomic E-state index is 0.0461. The molecule has 3 rings (SSSR count). The van der Waals surface area contributed by atoms with Gasteiger partial charge in [0.15, 0.2) is 0 Å². The highest BCUT2D eigenvalue weighted by Crippen LogP contribution is 2.41. The molecule has 1 amide bonds. The molecule has 0 spiro atoms. The molecule has 1 aliphatic heterocycles. The minimum Gasteiger partial charge on any atom is -0.481 e. The number of carbonyl (C=O) groups is 2. The van der Waals surface area contributed by atoms with Gasteiger partial charge in [-0.3, -0.25) is 14.5 Å². The average molecular weight is 280 g/mol. The zero-order chi connectivity index (χ0) is 14.2. The topological polar surface area (TPSA) is 60.9 Å². The predicted molar refractivity (Wildman–Crippen MR) is 74.3 cm³/mol. The molecule has 0 aromatic carbocycles. The molecule has 0 bridgehead atoms. The van der Waals surface area contributed by atoms with Crippen LogP contribution in [0.4, 0.5) is 0 Å². The number of aliphatic carboxylic acids is 1. The molecule has 3 aliphatic rings. The first kappa shape index (κ1) is 13.9. The van der Waals surface area contributed by atoms with E-state index in [1.165, 1.54) is 12.8 Å². The van der Waals surface area contributed by atoms with Crippen LogP contribution in [0.1, 0.15) is 44.9 Å². The van der Waals surface area contributed by atoms with Crippen molar-refractivity contribution in [2.75, 3.05) is 26.2 Å². The summed E-state index contributed by atoms with van der Waals surface area (Å²) in [6.07, 6.45) is 6.01. The largest absolute Gasteiger partial charge is 0.481 e. The normalized spacial score (nSPS) is 26.7. The maximum absolute atomic E-state index is 12.4. The number of carboxylic acids is 1. The lowest BCUT2D eigenvalue weighted by atomic mass is 9.82. The van der Waals surface area contributed by atoms with E-state index in [-0.39, 0.29) is 12.3 Å². The highest BCUT2D eigenvalue weighted by Gasteiger charge is 2.44. The van der Waals surface area contributed by atoms with Gasteiger partial charge in [0, 0.05) is 38.6 Å². The predicted octanol–water partition coefficient (Wildman–Crippen LogP) is 1.33. The fraction of sp³-hybridized carbons (Fsp3) is 0.867. The lowest BCUT2D eigenvalue weighted by Crippen LogP contribution is -2.50. The molecule has 2 saturated carbocycles. The summed E-state index contributed by atoms with van der Waals surface area (Å²) in [7, 11) is 0. The van der Waals surface area contributed by atoms with Crippen LogP contribution in [0, 0.1) is 5.41 Å². The van der Waals surface area contributed by atoms with Gasteiger partial charge in [-0.25, -0.2) is 0 Å². The maximum Gasteiger partial charge on any atom is 0.310 e. The molecule has 3 fully saturated rings. The molecule has 1 N–H and O–H groups in total. The lowest BCUT2D eigenvalue weighted by Gasteiger charge is -2.36. The van der Waals surface area contributed by atoms with Crippen LogP contribution in [0.3, 0.4) is 0 Å². The van der Waals surface area contributed by atoms with E-state index in [0.29, 0.717) is 12.8 Å². The van der Waals surface area contributed by atoms with Crippen LogP contribution in [-0.2, 0) is 9.59 Å². The molecule has 0 atom stereocenters. The molecule has 5 nitrogen and oxygen atoms in total. The van der Waals surface area contributed by atoms with Crippen molar-refractivity contribution in [1.29, 1.82) is 0 Å². The highest BCUT2D eigenvalue weighted by molar-refractivity contribution is 5.85. The molecule has 5 heteroatoms. The zero-order valence-corrected chi connectivity index (χ0v) is 12.0. The summed E-state index contributed by atoms with van der Waals surface area (Å²) in [5.41, 5.74) is -0.773. The van der Waals surface area contributed by atoms with Crippen LogP contribution >= 0.6 is 0 Å². The molecule has 20 heavy (non-hydrogen) atoms. The van der Waals surface area contributed by atoms with Gasteiger partial charge in [-0.15, -0.1) is 0 Å². The summed E-state index contributed by atoms with van der Waals surface area (Å²) in [6, 6.07) is 0.757. The molecule has 0 aromatic heterocycles. The van der Waals surface area contributed by atoms with Crippen LogP contribution in [0.25, 0.3) is 0 Å². The van der Waals surface area contributed by atoms with E-state index < -0.39 is 11.4 Å². The molecule has 0 radical (unpaired) electrons. The van der Waals surface area contributed by atoms with E-state index in [1.54, 1.807) is 0 Å². The molecule has 2 aliphatic carbocycles. The van der Waals surface area contributed by atoms with Crippen LogP contribution in [0.15, 0.2) is 0 Å². The van der Waals surface area contributed by atoms with E-state index in [1.807, 2.05) is 4.90 Å². The van der Waals surface area contributed by atoms with Crippen molar-refractivity contribution in [3.05, 3.63) is 0 Å². The fourth-order valence-electron chi connectivity index (χ4n) is 3.70. The first-order chi connectivity index (χ1) is 9.61. The zero-order valence-electron chi connectivity index (χ0n) is 12.0. The Labute approximate surface area is 119 Å². The Kier molecular flexibility index (Phi) is 3.71. The Balaban J connectivity index is 1.55. The van der Waals surface area contributed by atoms with Gasteiger partial charge in [-0.2, -0.15) is 0 Å². The van der Waals surface area contributed by atoms with Gasteiger partial charge in [0.05, 0.1) is 5.41 Å². The second-order valence-corrected chi connectivity index (χ2v) is 6.62. The number of hydrogen-bond acceptors (Lipinski definition) is 3. The van der Waals surface area contributed by atoms with Crippen molar-refractivity contribution < 1.29 is 14.7 Å². The average Bonchev–Trinajstić information content (AvgIpc) is 3.19. The molecule has 1 heterocycles. The lowest BCUT2D eigenvalue weighted by molar-refractivity contribution is -0.153. The van der Waals surface area contributed by atoms with E-state index in [9.17, 15) is 14.7 Å². The Morgan fingerprint density at radius 3 is 2.15 bits per heavy atom. The third kappa shape index (κ3) is 2.68. The first-order valence-electron chi connectivity index (χ1n) is 7.86. The van der Waals surface area contributed by atoms with Gasteiger partial charge < -0.3 is 10.0 Å². The fourth-order valence-corrected chi connectivity index (χ4v) is 3.70. The molecule has 1 saturated heterocycles. The standard InChI is InChI=1S/C15H24N2O3/c18-13(11-15(14(19)20)5-1-2-6-15)17-9-7-16(8-10-17)12-3-4-12/h12H,1-11H2,(H,19,20). The minimum atomic E-state index is -0.778. The van der Waals surface area contributed by atoms with Crippen molar-refractivity contribution >= 4 is 11.9 Å². The second-order valence-electron chi connectivity index (χ2n) is 6.62. The van der Waals surface area contributed by atoms with E-state index in [2.05, 4.69) is 4.90 Å². The Morgan fingerprint density at radius 1 is 1.05 bits per heavy atom. The smallest absolute Gasteiger partial charge is 0.310 e. The van der Waals surface area contributed by atoms with Gasteiger partial charge in [-0.1, -0.05) is 12.8 Å². The number of hydrogen-bond donors (Lipinski definition) is 1. The summed E-state index contributed by atoms with van der Waals surface area (Å²) in [6.45, 7) is 3.45. The Bertz CT molecular complexity index is 392. The summed E-state index contributed by atoms with van der Waals surface area (Å²) >= 11 is 0. The third-order valence-corrected chi connectivity index (χ3v) is 5.23. The molecule has 0 unspecified atom stereocenters. The third-order valence-electron chi connectivity index (χ3n) is 5.23. The van der Waals surface area contributed by atoms with Gasteiger partial charge in [0.1, 0.15) is 0 Å². The second kappa shape index (κ2) is 5.35. The Hall–Kier alpha value is -1.10. The van der Waals surface area contributed by atoms with Crippen LogP contribution < -0.4 is 0 Å². The van der Waals surface area contributed by atoms with Gasteiger partial charge in [-0.05, 0) is 25.7 Å². The monoisotopic (exact) mass is 280 g/mol. The maximum atomic E-state index is 12.4. The van der Waals surface area contributed by atoms with Crippen molar-refractivity contribution in [1.82, 2.24) is 9.80 Å². The van der Waals surface area contributed by atoms with E-state index in [0.717, 1.165) is 45.1 Å². The van der Waals surface area contributed by atoms with E-state index >= 15 is 0 Å². The number of amides is 1. The van der Waals surface area contributed by atoms with Gasteiger partial charge >= 0.3 is 5.97 Å². The highest BCUT2D eigenvalue weighted by atomic mass is 16.4. The number of carbonyl (C=O) groups excluding carboxylic acids is 1. The first-order valence-corrected chi connectivity index (χ1v) is 7.86. The number of rotatable bonds is 4. The van der Waals surface area contributed by atoms with Gasteiger partial charge in [0.2, 0.25) is 5.91 Å². The van der Waals surface area contributed by atoms with Crippen molar-refractivity contribution in [2.24, 2.45) is 5.41 Å². The Morgan fingerprint density at radius 2 is 1.65 bits per heavy atom. The summed E-state index contributed by atoms with van der Waals surface area (Å²) < 4.78 is 0. The molecule has 112 valence electrons. The van der Waals surface area contributed by atoms with E-state index in [4.69, 9.17) is 0 Å². The van der Waals surface area contributed by atoms with Crippen LogP contribution in [0.2, 0.25) is 0 Å². The van der Waals surface area contributed by atoms with Crippen LogP contribution in [0.5, 0.6) is 0 Å². The van der Waals surface area contributed by atoms with Crippen molar-refractivity contribution in [3.8, 4) is 0 Å². The summed E-state index contributed by atoms with van der Waals surface area (Å²) in [5, 5.41) is 9.46. The summed E-state index contributed by atoms with van der Waals surface area (Å²) in [4.78, 5) is 28.3. The van der Waals surface area contributed by atoms with Crippen molar-refractivity contribution in [3.63, 3.8) is 0 Å². The molecular weight excluding hydrogens is 256 g/mol. The number of piperazine rings is 1. The number of nitrogens with zero attached hydrogens (tertiary/aromatic N) is 2. The van der Waals surface area contributed by atoms with Gasteiger partial charge in [0.25, 0.3) is 0 Å². The summed E-state index contributed by atoms with van der Waals surface area (Å²) in [5.74, 6) is -0.732. The molecule has 0 aromatic rings. The SMILES string of the molecule is O=C(CC1(C(=O)O)CCCC1)N1CCN(C2CC2)CC1. The van der Waals surface area contributed by atoms with Crippen molar-refractivity contribution in [2.45, 2.75) is 51.0 Å². The van der Waals surface area contributed by atoms with Crippen LogP contribution in [-0.4, -0.2) is 59.0 Å². The quantitative estimate of drug-likeness (QED) is 0.844.